The highest BCUT2D eigenvalue weighted by Gasteiger charge is 2.40. The average Bonchev–Trinajstić information content (AvgIpc) is 3.12. The highest BCUT2D eigenvalue weighted by atomic mass is 35.5. The molecule has 1 aromatic heterocycles. The molecular formula is C23H32ClFN4O3. The van der Waals surface area contributed by atoms with Crippen LogP contribution in [-0.2, 0) is 16.9 Å². The predicted molar refractivity (Wildman–Crippen MR) is 122 cm³/mol. The molecule has 1 saturated heterocycles. The van der Waals surface area contributed by atoms with Gasteiger partial charge in [0.05, 0.1) is 10.7 Å². The lowest BCUT2D eigenvalue weighted by atomic mass is 9.90. The van der Waals surface area contributed by atoms with E-state index in [1.807, 2.05) is 44.3 Å². The topological polar surface area (TPSA) is 70.8 Å². The summed E-state index contributed by atoms with van der Waals surface area (Å²) in [7, 11) is 3.92. The standard InChI is InChI=1S/C23H32ClFN4O3/c1-22(2,3)32-21(30)28-11-9-23(31,10-12-28)20-26-18(15-29(20)14-13-27(4)5)16-7-6-8-17(24)19(16)25/h6-8,15,31H,9-14H2,1-5H3. The first-order chi connectivity index (χ1) is 14.9. The molecule has 0 spiro atoms. The van der Waals surface area contributed by atoms with Gasteiger partial charge < -0.3 is 24.2 Å². The van der Waals surface area contributed by atoms with E-state index in [0.29, 0.717) is 44.0 Å². The van der Waals surface area contributed by atoms with Crippen LogP contribution in [0.5, 0.6) is 0 Å². The minimum atomic E-state index is -1.24. The van der Waals surface area contributed by atoms with E-state index < -0.39 is 23.1 Å². The number of imidazole rings is 1. The number of benzene rings is 1. The van der Waals surface area contributed by atoms with Crippen LogP contribution in [0.1, 0.15) is 39.4 Å². The molecule has 2 heterocycles. The molecule has 32 heavy (non-hydrogen) atoms. The second-order valence-electron chi connectivity index (χ2n) is 9.55. The summed E-state index contributed by atoms with van der Waals surface area (Å²) in [5.74, 6) is -0.0673. The zero-order valence-electron chi connectivity index (χ0n) is 19.4. The molecule has 1 amide bonds. The summed E-state index contributed by atoms with van der Waals surface area (Å²) in [6.07, 6.45) is 1.98. The molecular weight excluding hydrogens is 435 g/mol. The third-order valence-corrected chi connectivity index (χ3v) is 5.74. The quantitative estimate of drug-likeness (QED) is 0.717. The first-order valence-corrected chi connectivity index (χ1v) is 11.1. The van der Waals surface area contributed by atoms with Gasteiger partial charge in [0.1, 0.15) is 17.0 Å². The van der Waals surface area contributed by atoms with E-state index in [1.165, 1.54) is 6.07 Å². The summed E-state index contributed by atoms with van der Waals surface area (Å²) in [6, 6.07) is 4.79. The molecule has 2 aromatic rings. The summed E-state index contributed by atoms with van der Waals surface area (Å²) < 4.78 is 22.0. The van der Waals surface area contributed by atoms with Crippen molar-refractivity contribution in [2.75, 3.05) is 33.7 Å². The monoisotopic (exact) mass is 466 g/mol. The van der Waals surface area contributed by atoms with Gasteiger partial charge in [-0.3, -0.25) is 0 Å². The second-order valence-corrected chi connectivity index (χ2v) is 9.95. The molecule has 1 aliphatic heterocycles. The van der Waals surface area contributed by atoms with E-state index in [2.05, 4.69) is 4.98 Å². The molecule has 1 aromatic carbocycles. The van der Waals surface area contributed by atoms with Gasteiger partial charge in [-0.05, 0) is 47.0 Å². The molecule has 0 atom stereocenters. The Hall–Kier alpha value is -2.16. The van der Waals surface area contributed by atoms with Crippen molar-refractivity contribution in [3.05, 3.63) is 41.1 Å². The van der Waals surface area contributed by atoms with Crippen LogP contribution in [0.15, 0.2) is 24.4 Å². The number of aliphatic hydroxyl groups is 1. The zero-order chi connectivity index (χ0) is 23.7. The number of rotatable bonds is 5. The van der Waals surface area contributed by atoms with Crippen molar-refractivity contribution in [2.45, 2.75) is 51.4 Å². The second kappa shape index (κ2) is 9.37. The highest BCUT2D eigenvalue weighted by Crippen LogP contribution is 2.35. The Morgan fingerprint density at radius 3 is 2.56 bits per heavy atom. The maximum Gasteiger partial charge on any atom is 0.410 e. The van der Waals surface area contributed by atoms with Crippen molar-refractivity contribution in [1.29, 1.82) is 0 Å². The Morgan fingerprint density at radius 2 is 1.97 bits per heavy atom. The van der Waals surface area contributed by atoms with Crippen LogP contribution in [0.3, 0.4) is 0 Å². The van der Waals surface area contributed by atoms with Crippen molar-refractivity contribution >= 4 is 17.7 Å². The average molecular weight is 467 g/mol. The number of carbonyl (C=O) groups excluding carboxylic acids is 1. The molecule has 176 valence electrons. The van der Waals surface area contributed by atoms with E-state index in [0.717, 1.165) is 6.54 Å². The van der Waals surface area contributed by atoms with Gasteiger partial charge in [0.25, 0.3) is 0 Å². The van der Waals surface area contributed by atoms with E-state index in [4.69, 9.17) is 16.3 Å². The van der Waals surface area contributed by atoms with Crippen molar-refractivity contribution in [2.24, 2.45) is 0 Å². The predicted octanol–water partition coefficient (Wildman–Crippen LogP) is 4.12. The normalized spacial score (nSPS) is 16.5. The Bertz CT molecular complexity index is 963. The lowest BCUT2D eigenvalue weighted by molar-refractivity contribution is -0.0429. The number of amides is 1. The van der Waals surface area contributed by atoms with Crippen LogP contribution in [-0.4, -0.2) is 69.9 Å². The fourth-order valence-electron chi connectivity index (χ4n) is 3.71. The van der Waals surface area contributed by atoms with Crippen LogP contribution >= 0.6 is 11.6 Å². The van der Waals surface area contributed by atoms with Gasteiger partial charge >= 0.3 is 6.09 Å². The number of carbonyl (C=O) groups is 1. The van der Waals surface area contributed by atoms with E-state index in [9.17, 15) is 14.3 Å². The molecule has 1 fully saturated rings. The largest absolute Gasteiger partial charge is 0.444 e. The fraction of sp³-hybridized carbons (Fsp3) is 0.565. The maximum absolute atomic E-state index is 14.6. The van der Waals surface area contributed by atoms with Gasteiger partial charge in [-0.1, -0.05) is 17.7 Å². The molecule has 0 saturated carbocycles. The molecule has 0 bridgehead atoms. The van der Waals surface area contributed by atoms with Crippen LogP contribution in [0.2, 0.25) is 5.02 Å². The molecule has 0 radical (unpaired) electrons. The van der Waals surface area contributed by atoms with Gasteiger partial charge in [0, 0.05) is 50.8 Å². The fourth-order valence-corrected chi connectivity index (χ4v) is 3.88. The van der Waals surface area contributed by atoms with Gasteiger partial charge in [-0.2, -0.15) is 0 Å². The highest BCUT2D eigenvalue weighted by molar-refractivity contribution is 6.31. The number of hydrogen-bond acceptors (Lipinski definition) is 5. The molecule has 1 aliphatic rings. The minimum absolute atomic E-state index is 0.0243. The number of nitrogens with zero attached hydrogens (tertiary/aromatic N) is 4. The first kappa shape index (κ1) is 24.5. The van der Waals surface area contributed by atoms with Crippen molar-refractivity contribution in [3.8, 4) is 11.3 Å². The number of halogens is 2. The molecule has 7 nitrogen and oxygen atoms in total. The number of hydrogen-bond donors (Lipinski definition) is 1. The summed E-state index contributed by atoms with van der Waals surface area (Å²) in [5.41, 5.74) is -1.11. The number of ether oxygens (including phenoxy) is 1. The minimum Gasteiger partial charge on any atom is -0.444 e. The van der Waals surface area contributed by atoms with Crippen molar-refractivity contribution in [3.63, 3.8) is 0 Å². The maximum atomic E-state index is 14.6. The Labute approximate surface area is 193 Å². The molecule has 9 heteroatoms. The summed E-state index contributed by atoms with van der Waals surface area (Å²) >= 11 is 5.97. The van der Waals surface area contributed by atoms with Crippen LogP contribution in [0, 0.1) is 5.82 Å². The third kappa shape index (κ3) is 5.60. The summed E-state index contributed by atoms with van der Waals surface area (Å²) in [5, 5.41) is 11.5. The smallest absolute Gasteiger partial charge is 0.410 e. The van der Waals surface area contributed by atoms with E-state index >= 15 is 0 Å². The van der Waals surface area contributed by atoms with Crippen LogP contribution in [0.4, 0.5) is 9.18 Å². The zero-order valence-corrected chi connectivity index (χ0v) is 20.1. The Kier molecular flexibility index (Phi) is 7.17. The van der Waals surface area contributed by atoms with E-state index in [-0.39, 0.29) is 10.6 Å². The number of likely N-dealkylation sites (N-methyl/N-ethyl adjacent to an activating group) is 1. The molecule has 0 unspecified atom stereocenters. The first-order valence-electron chi connectivity index (χ1n) is 10.8. The molecule has 0 aliphatic carbocycles. The van der Waals surface area contributed by atoms with Gasteiger partial charge in [-0.15, -0.1) is 0 Å². The molecule has 3 rings (SSSR count). The Balaban J connectivity index is 1.88. The van der Waals surface area contributed by atoms with E-state index in [1.54, 1.807) is 23.2 Å². The van der Waals surface area contributed by atoms with Crippen molar-refractivity contribution < 1.29 is 19.0 Å². The molecule has 1 N–H and O–H groups in total. The number of aromatic nitrogens is 2. The Morgan fingerprint density at radius 1 is 1.31 bits per heavy atom. The lowest BCUT2D eigenvalue weighted by Gasteiger charge is -2.38. The van der Waals surface area contributed by atoms with Crippen LogP contribution < -0.4 is 0 Å². The summed E-state index contributed by atoms with van der Waals surface area (Å²) in [4.78, 5) is 20.7. The number of likely N-dealkylation sites (tertiary alicyclic amines) is 1. The third-order valence-electron chi connectivity index (χ3n) is 5.45. The van der Waals surface area contributed by atoms with Gasteiger partial charge in [0.2, 0.25) is 0 Å². The lowest BCUT2D eigenvalue weighted by Crippen LogP contribution is -2.47. The summed E-state index contributed by atoms with van der Waals surface area (Å²) in [6.45, 7) is 7.45. The number of piperidine rings is 1. The van der Waals surface area contributed by atoms with Crippen LogP contribution in [0.25, 0.3) is 11.3 Å². The van der Waals surface area contributed by atoms with Gasteiger partial charge in [-0.25, -0.2) is 14.2 Å². The van der Waals surface area contributed by atoms with Gasteiger partial charge in [0.15, 0.2) is 5.82 Å². The van der Waals surface area contributed by atoms with Crippen molar-refractivity contribution in [1.82, 2.24) is 19.4 Å². The SMILES string of the molecule is CN(C)CCn1cc(-c2cccc(Cl)c2F)nc1C1(O)CCN(C(=O)OC(C)(C)C)CC1.